The molecule has 2 heterocycles. The Morgan fingerprint density at radius 3 is 2.92 bits per heavy atom. The zero-order valence-electron chi connectivity index (χ0n) is 15.3. The summed E-state index contributed by atoms with van der Waals surface area (Å²) in [6.07, 6.45) is 4.58. The Hall–Kier alpha value is -1.70. The van der Waals surface area contributed by atoms with Crippen LogP contribution in [0, 0.1) is 0 Å². The van der Waals surface area contributed by atoms with Crippen LogP contribution in [0.15, 0.2) is 54.5 Å². The minimum Gasteiger partial charge on any atom is -0.352 e. The smallest absolute Gasteiger partial charge is 0.253 e. The second kappa shape index (κ2) is 8.80. The molecule has 0 saturated carbocycles. The number of carbonyl (C=O) groups is 1. The lowest BCUT2D eigenvalue weighted by Crippen LogP contribution is -2.42. The third-order valence-electron chi connectivity index (χ3n) is 4.51. The van der Waals surface area contributed by atoms with Crippen LogP contribution >= 0.6 is 11.9 Å². The molecule has 2 aliphatic rings. The van der Waals surface area contributed by atoms with E-state index in [9.17, 15) is 4.79 Å². The highest BCUT2D eigenvalue weighted by Gasteiger charge is 2.32. The van der Waals surface area contributed by atoms with Gasteiger partial charge in [-0.1, -0.05) is 61.2 Å². The molecule has 1 N–H and O–H groups in total. The van der Waals surface area contributed by atoms with Gasteiger partial charge in [0, 0.05) is 11.8 Å². The Labute approximate surface area is 160 Å². The van der Waals surface area contributed by atoms with Crippen LogP contribution in [0.4, 0.5) is 0 Å². The highest BCUT2D eigenvalue weighted by Crippen LogP contribution is 2.28. The normalized spacial score (nSPS) is 23.0. The molecule has 1 aromatic carbocycles. The monoisotopic (exact) mass is 372 g/mol. The highest BCUT2D eigenvalue weighted by molar-refractivity contribution is 8.21. The van der Waals surface area contributed by atoms with Crippen molar-refractivity contribution >= 4 is 23.8 Å². The van der Waals surface area contributed by atoms with Gasteiger partial charge in [0.2, 0.25) is 5.99 Å². The Balaban J connectivity index is 1.41. The third kappa shape index (κ3) is 4.93. The van der Waals surface area contributed by atoms with Crippen molar-refractivity contribution in [1.82, 2.24) is 10.2 Å². The van der Waals surface area contributed by atoms with Gasteiger partial charge in [-0.25, -0.2) is 0 Å². The molecule has 1 saturated heterocycles. The van der Waals surface area contributed by atoms with Gasteiger partial charge in [-0.15, -0.1) is 0 Å². The number of nitrogens with zero attached hydrogens (tertiary/aromatic N) is 1. The van der Waals surface area contributed by atoms with E-state index in [4.69, 9.17) is 8.92 Å². The van der Waals surface area contributed by atoms with E-state index in [2.05, 4.69) is 43.0 Å². The van der Waals surface area contributed by atoms with Crippen LogP contribution in [0.3, 0.4) is 0 Å². The lowest BCUT2D eigenvalue weighted by molar-refractivity contribution is -0.118. The molecule has 2 unspecified atom stereocenters. The number of benzene rings is 1. The van der Waals surface area contributed by atoms with E-state index >= 15 is 0 Å². The number of amides is 1. The SMILES string of the molecule is C=C1NC(=O)C(C)=CN1C1CCC(COSB(C)Cc2ccccc2)O1. The maximum absolute atomic E-state index is 11.6. The van der Waals surface area contributed by atoms with Crippen molar-refractivity contribution in [3.63, 3.8) is 0 Å². The number of hydrogen-bond acceptors (Lipinski definition) is 5. The minimum absolute atomic E-state index is 0.0653. The topological polar surface area (TPSA) is 50.8 Å². The summed E-state index contributed by atoms with van der Waals surface area (Å²) in [5.74, 6) is 0.850. The first-order valence-electron chi connectivity index (χ1n) is 8.97. The molecular formula is C19H25BN2O3S. The first-order chi connectivity index (χ1) is 12.5. The Morgan fingerprint density at radius 1 is 1.38 bits per heavy atom. The number of hydrogen-bond donors (Lipinski definition) is 1. The highest BCUT2D eigenvalue weighted by atomic mass is 32.2. The van der Waals surface area contributed by atoms with Gasteiger partial charge in [-0.3, -0.25) is 4.79 Å². The van der Waals surface area contributed by atoms with Gasteiger partial charge in [-0.05, 0) is 26.1 Å². The van der Waals surface area contributed by atoms with Crippen LogP contribution in [0.25, 0.3) is 0 Å². The molecule has 0 aromatic heterocycles. The summed E-state index contributed by atoms with van der Waals surface area (Å²) in [6.45, 7) is 8.43. The summed E-state index contributed by atoms with van der Waals surface area (Å²) >= 11 is 1.52. The maximum atomic E-state index is 11.6. The molecule has 2 aliphatic heterocycles. The van der Waals surface area contributed by atoms with Crippen LogP contribution in [-0.2, 0) is 20.0 Å². The van der Waals surface area contributed by atoms with E-state index in [0.29, 0.717) is 24.0 Å². The van der Waals surface area contributed by atoms with Gasteiger partial charge in [0.15, 0.2) is 0 Å². The summed E-state index contributed by atoms with van der Waals surface area (Å²) in [6, 6.07) is 10.4. The molecule has 7 heteroatoms. The Kier molecular flexibility index (Phi) is 6.45. The molecule has 0 bridgehead atoms. The summed E-state index contributed by atoms with van der Waals surface area (Å²) in [4.78, 5) is 13.5. The molecule has 3 rings (SSSR count). The number of nitrogens with one attached hydrogen (secondary N) is 1. The number of rotatable bonds is 7. The van der Waals surface area contributed by atoms with Gasteiger partial charge in [0.05, 0.1) is 12.7 Å². The summed E-state index contributed by atoms with van der Waals surface area (Å²) in [7, 11) is 0. The van der Waals surface area contributed by atoms with Crippen LogP contribution in [0.1, 0.15) is 25.3 Å². The predicted octanol–water partition coefficient (Wildman–Crippen LogP) is 3.37. The zero-order valence-corrected chi connectivity index (χ0v) is 16.1. The van der Waals surface area contributed by atoms with Gasteiger partial charge < -0.3 is 19.1 Å². The van der Waals surface area contributed by atoms with E-state index in [1.165, 1.54) is 17.5 Å². The fourth-order valence-corrected chi connectivity index (χ4v) is 3.84. The second-order valence-electron chi connectivity index (χ2n) is 6.79. The van der Waals surface area contributed by atoms with Gasteiger partial charge in [0.25, 0.3) is 5.91 Å². The van der Waals surface area contributed by atoms with Crippen LogP contribution in [-0.4, -0.2) is 35.7 Å². The average Bonchev–Trinajstić information content (AvgIpc) is 3.07. The molecule has 1 fully saturated rings. The first kappa shape index (κ1) is 19.1. The largest absolute Gasteiger partial charge is 0.352 e. The fraction of sp³-hybridized carbons (Fsp3) is 0.421. The van der Waals surface area contributed by atoms with Crippen molar-refractivity contribution in [2.75, 3.05) is 6.61 Å². The molecule has 138 valence electrons. The molecule has 1 aromatic rings. The lowest BCUT2D eigenvalue weighted by atomic mass is 9.73. The summed E-state index contributed by atoms with van der Waals surface area (Å²) < 4.78 is 11.9. The standard InChI is InChI=1S/C19H25BN2O3S/c1-14-12-22(15(2)21-19(14)23)18-10-9-17(25-18)13-24-26-20(3)11-16-7-5-4-6-8-16/h4-8,12,17-18H,2,9-11,13H2,1,3H3,(H,21,23). The summed E-state index contributed by atoms with van der Waals surface area (Å²) in [5, 5.41) is 2.76. The zero-order chi connectivity index (χ0) is 18.5. The van der Waals surface area contributed by atoms with E-state index in [1.807, 2.05) is 17.2 Å². The van der Waals surface area contributed by atoms with E-state index in [0.717, 1.165) is 19.2 Å². The van der Waals surface area contributed by atoms with Crippen molar-refractivity contribution in [2.24, 2.45) is 0 Å². The maximum Gasteiger partial charge on any atom is 0.253 e. The molecule has 0 aliphatic carbocycles. The van der Waals surface area contributed by atoms with Gasteiger partial charge >= 0.3 is 0 Å². The third-order valence-corrected chi connectivity index (χ3v) is 5.28. The van der Waals surface area contributed by atoms with Crippen molar-refractivity contribution < 1.29 is 13.7 Å². The van der Waals surface area contributed by atoms with E-state index in [1.54, 1.807) is 6.92 Å². The summed E-state index contributed by atoms with van der Waals surface area (Å²) in [5.41, 5.74) is 1.98. The van der Waals surface area contributed by atoms with Crippen molar-refractivity contribution in [2.45, 2.75) is 45.2 Å². The van der Waals surface area contributed by atoms with Crippen LogP contribution in [0.2, 0.25) is 6.82 Å². The number of ether oxygens (including phenoxy) is 1. The average molecular weight is 372 g/mol. The number of carbonyl (C=O) groups excluding carboxylic acids is 1. The molecule has 0 radical (unpaired) electrons. The molecule has 2 atom stereocenters. The van der Waals surface area contributed by atoms with Crippen LogP contribution < -0.4 is 5.32 Å². The lowest BCUT2D eigenvalue weighted by Gasteiger charge is -2.32. The van der Waals surface area contributed by atoms with E-state index < -0.39 is 0 Å². The minimum atomic E-state index is -0.104. The van der Waals surface area contributed by atoms with Crippen molar-refractivity contribution in [1.29, 1.82) is 0 Å². The van der Waals surface area contributed by atoms with Crippen molar-refractivity contribution in [3.05, 3.63) is 60.1 Å². The second-order valence-corrected chi connectivity index (χ2v) is 8.02. The van der Waals surface area contributed by atoms with E-state index in [-0.39, 0.29) is 18.2 Å². The molecule has 5 nitrogen and oxygen atoms in total. The molecule has 1 amide bonds. The molecule has 26 heavy (non-hydrogen) atoms. The van der Waals surface area contributed by atoms with Gasteiger partial charge in [0.1, 0.15) is 12.0 Å². The first-order valence-corrected chi connectivity index (χ1v) is 9.78. The predicted molar refractivity (Wildman–Crippen MR) is 106 cm³/mol. The Morgan fingerprint density at radius 2 is 2.15 bits per heavy atom. The molecule has 0 spiro atoms. The quantitative estimate of drug-likeness (QED) is 0.588. The van der Waals surface area contributed by atoms with Crippen LogP contribution in [0.5, 0.6) is 0 Å². The van der Waals surface area contributed by atoms with Crippen molar-refractivity contribution in [3.8, 4) is 0 Å². The fourth-order valence-electron chi connectivity index (χ4n) is 3.12. The molecular weight excluding hydrogens is 347 g/mol. The van der Waals surface area contributed by atoms with Gasteiger partial charge in [-0.2, -0.15) is 0 Å². The Bertz CT molecular complexity index is 683.